The van der Waals surface area contributed by atoms with Gasteiger partial charge in [-0.15, -0.1) is 0 Å². The molecule has 1 saturated heterocycles. The Bertz CT molecular complexity index is 390. The highest BCUT2D eigenvalue weighted by Gasteiger charge is 2.07. The minimum Gasteiger partial charge on any atom is -0.458 e. The Morgan fingerprint density at radius 1 is 1.29 bits per heavy atom. The van der Waals surface area contributed by atoms with Crippen molar-refractivity contribution in [3.05, 3.63) is 47.7 Å². The molecular weight excluding hydrogens is 214 g/mol. The van der Waals surface area contributed by atoms with Crippen molar-refractivity contribution >= 4 is 5.97 Å². The van der Waals surface area contributed by atoms with Crippen LogP contribution in [0.25, 0.3) is 0 Å². The van der Waals surface area contributed by atoms with E-state index in [1.165, 1.54) is 6.42 Å². The first-order valence-corrected chi connectivity index (χ1v) is 6.00. The summed E-state index contributed by atoms with van der Waals surface area (Å²) in [7, 11) is 0. The van der Waals surface area contributed by atoms with Gasteiger partial charge in [-0.3, -0.25) is 0 Å². The monoisotopic (exact) mass is 231 g/mol. The highest BCUT2D eigenvalue weighted by molar-refractivity contribution is 5.82. The third-order valence-corrected chi connectivity index (χ3v) is 2.74. The fourth-order valence-electron chi connectivity index (χ4n) is 1.81. The molecule has 0 aromatic heterocycles. The molecule has 0 unspecified atom stereocenters. The first kappa shape index (κ1) is 11.7. The first-order valence-electron chi connectivity index (χ1n) is 6.00. The Hall–Kier alpha value is -1.77. The van der Waals surface area contributed by atoms with Crippen molar-refractivity contribution < 1.29 is 9.53 Å². The molecule has 1 fully saturated rings. The summed E-state index contributed by atoms with van der Waals surface area (Å²) in [5, 5.41) is 3.21. The number of carbonyl (C=O) groups excluding carboxylic acids is 1. The van der Waals surface area contributed by atoms with Crippen LogP contribution in [0.5, 0.6) is 0 Å². The molecule has 0 radical (unpaired) electrons. The summed E-state index contributed by atoms with van der Waals surface area (Å²) in [5.41, 5.74) is 2.00. The van der Waals surface area contributed by atoms with E-state index in [4.69, 9.17) is 4.74 Å². The van der Waals surface area contributed by atoms with E-state index in [0.29, 0.717) is 6.61 Å². The Kier molecular flexibility index (Phi) is 4.19. The van der Waals surface area contributed by atoms with Gasteiger partial charge in [-0.25, -0.2) is 4.79 Å². The maximum atomic E-state index is 11.5. The molecule has 1 N–H and O–H groups in total. The van der Waals surface area contributed by atoms with Crippen LogP contribution < -0.4 is 5.32 Å². The number of hydrogen-bond acceptors (Lipinski definition) is 3. The quantitative estimate of drug-likeness (QED) is 0.641. The van der Waals surface area contributed by atoms with Crippen LogP contribution in [0.3, 0.4) is 0 Å². The zero-order chi connectivity index (χ0) is 11.9. The van der Waals surface area contributed by atoms with Crippen LogP contribution >= 0.6 is 0 Å². The van der Waals surface area contributed by atoms with E-state index >= 15 is 0 Å². The van der Waals surface area contributed by atoms with E-state index in [9.17, 15) is 4.79 Å². The normalized spacial score (nSPS) is 17.5. The zero-order valence-corrected chi connectivity index (χ0v) is 9.82. The predicted octanol–water partition coefficient (Wildman–Crippen LogP) is 2.39. The summed E-state index contributed by atoms with van der Waals surface area (Å²) in [6.07, 6.45) is 4.84. The average molecular weight is 231 g/mol. The molecule has 1 aromatic carbocycles. The SMILES string of the molecule is O=C(/C=C1/CCCCN1)OCc1ccccc1. The number of ether oxygens (including phenoxy) is 1. The van der Waals surface area contributed by atoms with Gasteiger partial charge >= 0.3 is 5.97 Å². The second-order valence-electron chi connectivity index (χ2n) is 4.15. The number of hydrogen-bond donors (Lipinski definition) is 1. The van der Waals surface area contributed by atoms with Gasteiger partial charge in [0.15, 0.2) is 0 Å². The number of piperidine rings is 1. The maximum Gasteiger partial charge on any atom is 0.332 e. The lowest BCUT2D eigenvalue weighted by molar-refractivity contribution is -0.139. The Labute approximate surface area is 101 Å². The molecule has 3 heteroatoms. The molecule has 1 aromatic rings. The highest BCUT2D eigenvalue weighted by atomic mass is 16.5. The first-order chi connectivity index (χ1) is 8.34. The molecular formula is C14H17NO2. The largest absolute Gasteiger partial charge is 0.458 e. The Balaban J connectivity index is 1.81. The van der Waals surface area contributed by atoms with Crippen molar-refractivity contribution in [1.82, 2.24) is 5.32 Å². The van der Waals surface area contributed by atoms with Crippen LogP contribution in [0.15, 0.2) is 42.1 Å². The van der Waals surface area contributed by atoms with E-state index < -0.39 is 0 Å². The lowest BCUT2D eigenvalue weighted by Crippen LogP contribution is -2.21. The molecule has 90 valence electrons. The maximum absolute atomic E-state index is 11.5. The summed E-state index contributed by atoms with van der Waals surface area (Å²) < 4.78 is 5.18. The molecule has 2 rings (SSSR count). The summed E-state index contributed by atoms with van der Waals surface area (Å²) in [6.45, 7) is 1.29. The molecule has 0 atom stereocenters. The number of nitrogens with one attached hydrogen (secondary N) is 1. The van der Waals surface area contributed by atoms with Gasteiger partial charge in [-0.05, 0) is 24.8 Å². The highest BCUT2D eigenvalue weighted by Crippen LogP contribution is 2.10. The number of rotatable bonds is 3. The molecule has 1 aliphatic heterocycles. The molecule has 1 aliphatic rings. The molecule has 0 saturated carbocycles. The van der Waals surface area contributed by atoms with Gasteiger partial charge in [-0.1, -0.05) is 30.3 Å². The molecule has 17 heavy (non-hydrogen) atoms. The average Bonchev–Trinajstić information content (AvgIpc) is 2.39. The van der Waals surface area contributed by atoms with Crippen LogP contribution in [-0.4, -0.2) is 12.5 Å². The number of carbonyl (C=O) groups is 1. The van der Waals surface area contributed by atoms with Gasteiger partial charge in [0.25, 0.3) is 0 Å². The summed E-state index contributed by atoms with van der Waals surface area (Å²) in [5.74, 6) is -0.266. The number of allylic oxidation sites excluding steroid dienone is 1. The van der Waals surface area contributed by atoms with Crippen molar-refractivity contribution in [2.24, 2.45) is 0 Å². The van der Waals surface area contributed by atoms with E-state index in [-0.39, 0.29) is 5.97 Å². The fourth-order valence-corrected chi connectivity index (χ4v) is 1.81. The van der Waals surface area contributed by atoms with Gasteiger partial charge in [0, 0.05) is 18.3 Å². The van der Waals surface area contributed by atoms with Gasteiger partial charge in [0.1, 0.15) is 6.61 Å². The van der Waals surface area contributed by atoms with Gasteiger partial charge in [0.2, 0.25) is 0 Å². The summed E-state index contributed by atoms with van der Waals surface area (Å²) >= 11 is 0. The van der Waals surface area contributed by atoms with Crippen LogP contribution in [-0.2, 0) is 16.1 Å². The number of esters is 1. The second-order valence-corrected chi connectivity index (χ2v) is 4.15. The van der Waals surface area contributed by atoms with E-state index in [2.05, 4.69) is 5.32 Å². The summed E-state index contributed by atoms with van der Waals surface area (Å²) in [4.78, 5) is 11.5. The molecule has 3 nitrogen and oxygen atoms in total. The summed E-state index contributed by atoms with van der Waals surface area (Å²) in [6, 6.07) is 9.70. The third kappa shape index (κ3) is 3.94. The topological polar surface area (TPSA) is 38.3 Å². The lowest BCUT2D eigenvalue weighted by Gasteiger charge is -2.15. The molecule has 1 heterocycles. The van der Waals surface area contributed by atoms with Crippen LogP contribution in [0.1, 0.15) is 24.8 Å². The molecule has 0 bridgehead atoms. The van der Waals surface area contributed by atoms with Gasteiger partial charge in [0.05, 0.1) is 0 Å². The number of benzene rings is 1. The molecule has 0 amide bonds. The smallest absolute Gasteiger partial charge is 0.332 e. The fraction of sp³-hybridized carbons (Fsp3) is 0.357. The third-order valence-electron chi connectivity index (χ3n) is 2.74. The van der Waals surface area contributed by atoms with E-state index in [1.54, 1.807) is 6.08 Å². The van der Waals surface area contributed by atoms with Crippen molar-refractivity contribution in [3.63, 3.8) is 0 Å². The molecule has 0 aliphatic carbocycles. The van der Waals surface area contributed by atoms with Crippen LogP contribution in [0.2, 0.25) is 0 Å². The van der Waals surface area contributed by atoms with Crippen LogP contribution in [0.4, 0.5) is 0 Å². The second kappa shape index (κ2) is 6.09. The van der Waals surface area contributed by atoms with E-state index in [1.807, 2.05) is 30.3 Å². The Morgan fingerprint density at radius 3 is 2.82 bits per heavy atom. The van der Waals surface area contributed by atoms with E-state index in [0.717, 1.165) is 30.6 Å². The van der Waals surface area contributed by atoms with Crippen molar-refractivity contribution in [2.45, 2.75) is 25.9 Å². The minimum atomic E-state index is -0.266. The zero-order valence-electron chi connectivity index (χ0n) is 9.82. The Morgan fingerprint density at radius 2 is 2.12 bits per heavy atom. The van der Waals surface area contributed by atoms with Gasteiger partial charge < -0.3 is 10.1 Å². The predicted molar refractivity (Wildman–Crippen MR) is 66.2 cm³/mol. The molecule has 0 spiro atoms. The van der Waals surface area contributed by atoms with Gasteiger partial charge in [-0.2, -0.15) is 0 Å². The van der Waals surface area contributed by atoms with Crippen LogP contribution in [0, 0.1) is 0 Å². The van der Waals surface area contributed by atoms with Crippen molar-refractivity contribution in [1.29, 1.82) is 0 Å². The van der Waals surface area contributed by atoms with Crippen molar-refractivity contribution in [2.75, 3.05) is 6.54 Å². The lowest BCUT2D eigenvalue weighted by atomic mass is 10.1. The minimum absolute atomic E-state index is 0.266. The standard InChI is InChI=1S/C14H17NO2/c16-14(10-13-8-4-5-9-15-13)17-11-12-6-2-1-3-7-12/h1-3,6-7,10,15H,4-5,8-9,11H2/b13-10-. The van der Waals surface area contributed by atoms with Crippen molar-refractivity contribution in [3.8, 4) is 0 Å².